The number of carbonyl (C=O) groups is 2. The summed E-state index contributed by atoms with van der Waals surface area (Å²) in [6.07, 6.45) is 1.26. The number of carbonyl (C=O) groups excluding carboxylic acids is 2. The molecule has 7 nitrogen and oxygen atoms in total. The van der Waals surface area contributed by atoms with Gasteiger partial charge in [-0.05, 0) is 75.6 Å². The van der Waals surface area contributed by atoms with Gasteiger partial charge >= 0.3 is 0 Å². The number of hydrogen-bond donors (Lipinski definition) is 1. The molecule has 0 aliphatic heterocycles. The van der Waals surface area contributed by atoms with Crippen LogP contribution in [0.15, 0.2) is 83.8 Å². The summed E-state index contributed by atoms with van der Waals surface area (Å²) in [6.45, 7) is 7.22. The molecule has 0 spiro atoms. The zero-order chi connectivity index (χ0) is 28.6. The number of amides is 2. The molecule has 0 fully saturated rings. The second-order valence-electron chi connectivity index (χ2n) is 9.62. The molecule has 2 atom stereocenters. The van der Waals surface area contributed by atoms with Crippen molar-refractivity contribution < 1.29 is 18.0 Å². The Morgan fingerprint density at radius 2 is 1.54 bits per heavy atom. The van der Waals surface area contributed by atoms with E-state index < -0.39 is 28.5 Å². The van der Waals surface area contributed by atoms with Gasteiger partial charge in [0.2, 0.25) is 11.8 Å². The number of nitrogens with one attached hydrogen (secondary N) is 1. The van der Waals surface area contributed by atoms with Gasteiger partial charge in [-0.25, -0.2) is 8.42 Å². The molecule has 0 saturated carbocycles. The van der Waals surface area contributed by atoms with Crippen molar-refractivity contribution in [3.63, 3.8) is 0 Å². The summed E-state index contributed by atoms with van der Waals surface area (Å²) in [7, 11) is -4.12. The van der Waals surface area contributed by atoms with Crippen LogP contribution < -0.4 is 9.62 Å². The first kappa shape index (κ1) is 30.2. The average Bonchev–Trinajstić information content (AvgIpc) is 2.93. The van der Waals surface area contributed by atoms with Crippen LogP contribution in [0.3, 0.4) is 0 Å². The van der Waals surface area contributed by atoms with Gasteiger partial charge in [-0.15, -0.1) is 0 Å². The van der Waals surface area contributed by atoms with E-state index in [1.807, 2.05) is 51.1 Å². The van der Waals surface area contributed by atoms with Crippen molar-refractivity contribution in [1.82, 2.24) is 10.2 Å². The van der Waals surface area contributed by atoms with Gasteiger partial charge in [-0.1, -0.05) is 66.6 Å². The first-order valence-corrected chi connectivity index (χ1v) is 14.8. The molecular weight excluding hydrogens is 534 g/mol. The van der Waals surface area contributed by atoms with E-state index in [4.69, 9.17) is 11.6 Å². The highest BCUT2D eigenvalue weighted by atomic mass is 35.5. The first-order chi connectivity index (χ1) is 18.5. The molecule has 3 aromatic carbocycles. The Bertz CT molecular complexity index is 1350. The first-order valence-electron chi connectivity index (χ1n) is 13.0. The topological polar surface area (TPSA) is 86.8 Å². The van der Waals surface area contributed by atoms with E-state index in [0.717, 1.165) is 21.9 Å². The number of sulfonamides is 1. The normalized spacial score (nSPS) is 12.8. The maximum Gasteiger partial charge on any atom is 0.264 e. The monoisotopic (exact) mass is 569 g/mol. The van der Waals surface area contributed by atoms with E-state index in [0.29, 0.717) is 17.1 Å². The van der Waals surface area contributed by atoms with Crippen LogP contribution in [-0.2, 0) is 26.0 Å². The van der Waals surface area contributed by atoms with Crippen molar-refractivity contribution in [2.24, 2.45) is 0 Å². The molecule has 0 aliphatic carbocycles. The van der Waals surface area contributed by atoms with Crippen LogP contribution >= 0.6 is 11.6 Å². The summed E-state index contributed by atoms with van der Waals surface area (Å²) in [5.74, 6) is -0.760. The second-order valence-corrected chi connectivity index (χ2v) is 11.9. The third kappa shape index (κ3) is 8.07. The standard InChI is InChI=1S/C30H36ClN3O4S/c1-5-23(3)32-30(36)24(4)33(20-19-25-9-7-6-8-10-25)29(35)21-34(27-15-11-22(2)12-16-27)39(37,38)28-17-13-26(31)14-18-28/h6-18,23-24H,5,19-21H2,1-4H3,(H,32,36)/t23-,24+/m0/s1. The molecule has 39 heavy (non-hydrogen) atoms. The van der Waals surface area contributed by atoms with Crippen LogP contribution in [0.5, 0.6) is 0 Å². The molecule has 0 aliphatic rings. The second kappa shape index (κ2) is 13.6. The Kier molecular flexibility index (Phi) is 10.5. The minimum atomic E-state index is -4.12. The van der Waals surface area contributed by atoms with Crippen LogP contribution in [-0.4, -0.2) is 50.3 Å². The summed E-state index contributed by atoms with van der Waals surface area (Å²) in [5, 5.41) is 3.34. The van der Waals surface area contributed by atoms with Crippen molar-refractivity contribution in [2.45, 2.75) is 57.5 Å². The molecule has 0 heterocycles. The average molecular weight is 570 g/mol. The van der Waals surface area contributed by atoms with Gasteiger partial charge in [-0.3, -0.25) is 13.9 Å². The van der Waals surface area contributed by atoms with Crippen LogP contribution in [0.1, 0.15) is 38.3 Å². The van der Waals surface area contributed by atoms with Crippen molar-refractivity contribution >= 4 is 39.1 Å². The summed E-state index contributed by atoms with van der Waals surface area (Å²) >= 11 is 5.99. The minimum Gasteiger partial charge on any atom is -0.352 e. The van der Waals surface area contributed by atoms with Gasteiger partial charge in [0, 0.05) is 17.6 Å². The molecule has 0 aromatic heterocycles. The molecule has 0 unspecified atom stereocenters. The van der Waals surface area contributed by atoms with Crippen LogP contribution in [0.4, 0.5) is 5.69 Å². The summed E-state index contributed by atoms with van der Waals surface area (Å²) in [4.78, 5) is 28.4. The minimum absolute atomic E-state index is 0.0127. The molecule has 2 amide bonds. The van der Waals surface area contributed by atoms with E-state index in [9.17, 15) is 18.0 Å². The fourth-order valence-electron chi connectivity index (χ4n) is 4.01. The molecule has 3 rings (SSSR count). The van der Waals surface area contributed by atoms with E-state index in [2.05, 4.69) is 5.32 Å². The molecular formula is C30H36ClN3O4S. The number of benzene rings is 3. The lowest BCUT2D eigenvalue weighted by molar-refractivity contribution is -0.139. The number of rotatable bonds is 12. The van der Waals surface area contributed by atoms with Gasteiger partial charge in [0.1, 0.15) is 12.6 Å². The SMILES string of the molecule is CC[C@H](C)NC(=O)[C@@H](C)N(CCc1ccccc1)C(=O)CN(c1ccc(C)cc1)S(=O)(=O)c1ccc(Cl)cc1. The van der Waals surface area contributed by atoms with Gasteiger partial charge in [0.15, 0.2) is 0 Å². The van der Waals surface area contributed by atoms with Crippen molar-refractivity contribution in [3.8, 4) is 0 Å². The molecule has 9 heteroatoms. The van der Waals surface area contributed by atoms with Crippen LogP contribution in [0, 0.1) is 6.92 Å². The molecule has 0 saturated heterocycles. The summed E-state index contributed by atoms with van der Waals surface area (Å²) in [6, 6.07) is 21.5. The predicted molar refractivity (Wildman–Crippen MR) is 156 cm³/mol. The zero-order valence-electron chi connectivity index (χ0n) is 22.8. The van der Waals surface area contributed by atoms with Gasteiger partial charge in [0.05, 0.1) is 10.6 Å². The lowest BCUT2D eigenvalue weighted by Gasteiger charge is -2.32. The number of anilines is 1. The predicted octanol–water partition coefficient (Wildman–Crippen LogP) is 5.22. The van der Waals surface area contributed by atoms with Crippen molar-refractivity contribution in [1.29, 1.82) is 0 Å². The molecule has 0 radical (unpaired) electrons. The maximum atomic E-state index is 13.9. The summed E-state index contributed by atoms with van der Waals surface area (Å²) in [5.41, 5.74) is 2.31. The van der Waals surface area contributed by atoms with E-state index in [1.54, 1.807) is 31.2 Å². The Hall–Kier alpha value is -3.36. The lowest BCUT2D eigenvalue weighted by atomic mass is 10.1. The Labute approximate surface area is 236 Å². The zero-order valence-corrected chi connectivity index (χ0v) is 24.4. The van der Waals surface area contributed by atoms with Crippen LogP contribution in [0.25, 0.3) is 0 Å². The highest BCUT2D eigenvalue weighted by molar-refractivity contribution is 7.92. The molecule has 1 N–H and O–H groups in total. The Balaban J connectivity index is 1.96. The van der Waals surface area contributed by atoms with Crippen molar-refractivity contribution in [3.05, 3.63) is 95.0 Å². The molecule has 3 aromatic rings. The van der Waals surface area contributed by atoms with Gasteiger partial charge in [0.25, 0.3) is 10.0 Å². The van der Waals surface area contributed by atoms with E-state index in [-0.39, 0.29) is 23.4 Å². The maximum absolute atomic E-state index is 13.9. The van der Waals surface area contributed by atoms with Crippen molar-refractivity contribution in [2.75, 3.05) is 17.4 Å². The van der Waals surface area contributed by atoms with E-state index >= 15 is 0 Å². The number of aryl methyl sites for hydroxylation is 1. The number of halogens is 1. The summed E-state index contributed by atoms with van der Waals surface area (Å²) < 4.78 is 28.7. The quantitative estimate of drug-likeness (QED) is 0.324. The van der Waals surface area contributed by atoms with E-state index in [1.165, 1.54) is 29.2 Å². The Morgan fingerprint density at radius 1 is 0.923 bits per heavy atom. The van der Waals surface area contributed by atoms with Gasteiger partial charge in [-0.2, -0.15) is 0 Å². The highest BCUT2D eigenvalue weighted by Crippen LogP contribution is 2.25. The smallest absolute Gasteiger partial charge is 0.264 e. The number of hydrogen-bond acceptors (Lipinski definition) is 4. The fourth-order valence-corrected chi connectivity index (χ4v) is 5.55. The highest BCUT2D eigenvalue weighted by Gasteiger charge is 2.32. The Morgan fingerprint density at radius 3 is 2.13 bits per heavy atom. The third-order valence-corrected chi connectivity index (χ3v) is 8.70. The largest absolute Gasteiger partial charge is 0.352 e. The van der Waals surface area contributed by atoms with Gasteiger partial charge < -0.3 is 10.2 Å². The third-order valence-electron chi connectivity index (χ3n) is 6.65. The molecule has 208 valence electrons. The number of nitrogens with zero attached hydrogens (tertiary/aromatic N) is 2. The fraction of sp³-hybridized carbons (Fsp3) is 0.333. The van der Waals surface area contributed by atoms with Crippen LogP contribution in [0.2, 0.25) is 5.02 Å². The lowest BCUT2D eigenvalue weighted by Crippen LogP contribution is -2.53. The molecule has 0 bridgehead atoms.